The minimum absolute atomic E-state index is 0.197. The van der Waals surface area contributed by atoms with E-state index in [0.717, 1.165) is 4.24 Å². The van der Waals surface area contributed by atoms with Crippen LogP contribution in [-0.2, 0) is 4.79 Å². The molecule has 4 heteroatoms. The first kappa shape index (κ1) is 9.91. The number of rotatable bonds is 4. The quantitative estimate of drug-likeness (QED) is 0.646. The van der Waals surface area contributed by atoms with Gasteiger partial charge >= 0.3 is 5.97 Å². The maximum Gasteiger partial charge on any atom is 0.304 e. The predicted octanol–water partition coefficient (Wildman–Crippen LogP) is 1.99. The monoisotopic (exact) mass is 178 g/mol. The molecule has 0 aromatic carbocycles. The Morgan fingerprint density at radius 3 is 2.80 bits per heavy atom. The highest BCUT2D eigenvalue weighted by atomic mass is 32.2. The fraction of sp³-hybridized carbons (Fsp3) is 0.500. The van der Waals surface area contributed by atoms with Gasteiger partial charge in [0.15, 0.2) is 0 Å². The minimum Gasteiger partial charge on any atom is -0.481 e. The molecule has 1 N–H and O–H groups in total. The maximum absolute atomic E-state index is 10.0. The van der Waals surface area contributed by atoms with Crippen LogP contribution in [-0.4, -0.2) is 16.8 Å². The highest BCUT2D eigenvalue weighted by Crippen LogP contribution is 2.19. The molecule has 0 aromatic heterocycles. The molecule has 0 amide bonds. The molecule has 0 saturated heterocycles. The molecule has 2 nitrogen and oxygen atoms in total. The average Bonchev–Trinajstić information content (AvgIpc) is 1.87. The van der Waals surface area contributed by atoms with Crippen molar-refractivity contribution in [1.29, 1.82) is 0 Å². The van der Waals surface area contributed by atoms with E-state index >= 15 is 0 Å². The van der Waals surface area contributed by atoms with Crippen molar-refractivity contribution in [2.24, 2.45) is 0 Å². The van der Waals surface area contributed by atoms with Crippen molar-refractivity contribution >= 4 is 30.4 Å². The van der Waals surface area contributed by atoms with Crippen LogP contribution in [0.3, 0.4) is 0 Å². The van der Waals surface area contributed by atoms with Gasteiger partial charge in [-0.05, 0) is 6.92 Å². The molecule has 0 unspecified atom stereocenters. The summed E-state index contributed by atoms with van der Waals surface area (Å²) in [6.45, 7) is 1.87. The summed E-state index contributed by atoms with van der Waals surface area (Å²) < 4.78 is 0.876. The lowest BCUT2D eigenvalue weighted by atomic mass is 10.5. The summed E-state index contributed by atoms with van der Waals surface area (Å²) in [6, 6.07) is 0. The van der Waals surface area contributed by atoms with Gasteiger partial charge in [0.2, 0.25) is 0 Å². The van der Waals surface area contributed by atoms with Gasteiger partial charge in [0.1, 0.15) is 0 Å². The number of allylic oxidation sites excluding steroid dienone is 1. The van der Waals surface area contributed by atoms with Gasteiger partial charge in [-0.15, -0.1) is 24.4 Å². The molecule has 0 saturated carbocycles. The maximum atomic E-state index is 10.0. The number of carboxylic acids is 1. The summed E-state index contributed by atoms with van der Waals surface area (Å²) in [5, 5.41) is 8.24. The highest BCUT2D eigenvalue weighted by Gasteiger charge is 1.96. The van der Waals surface area contributed by atoms with Crippen molar-refractivity contribution in [1.82, 2.24) is 0 Å². The van der Waals surface area contributed by atoms with Gasteiger partial charge < -0.3 is 5.11 Å². The fourth-order valence-corrected chi connectivity index (χ4v) is 1.25. The first-order chi connectivity index (χ1) is 4.66. The van der Waals surface area contributed by atoms with Gasteiger partial charge in [-0.1, -0.05) is 6.08 Å². The van der Waals surface area contributed by atoms with E-state index in [-0.39, 0.29) is 6.42 Å². The summed E-state index contributed by atoms with van der Waals surface area (Å²) in [5.74, 6) is -0.164. The molecule has 0 radical (unpaired) electrons. The molecule has 0 rings (SSSR count). The van der Waals surface area contributed by atoms with E-state index < -0.39 is 5.97 Å². The second kappa shape index (κ2) is 5.68. The van der Waals surface area contributed by atoms with Crippen molar-refractivity contribution < 1.29 is 9.90 Å². The molecular weight excluding hydrogens is 168 g/mol. The van der Waals surface area contributed by atoms with Gasteiger partial charge in [-0.25, -0.2) is 0 Å². The molecule has 0 atom stereocenters. The topological polar surface area (TPSA) is 37.3 Å². The second-order valence-corrected chi connectivity index (χ2v) is 3.54. The first-order valence-electron chi connectivity index (χ1n) is 2.86. The van der Waals surface area contributed by atoms with Gasteiger partial charge in [-0.3, -0.25) is 4.79 Å². The fourth-order valence-electron chi connectivity index (χ4n) is 0.326. The molecule has 0 heterocycles. The summed E-state index contributed by atoms with van der Waals surface area (Å²) in [6.07, 6.45) is 2.04. The van der Waals surface area contributed by atoms with Crippen molar-refractivity contribution in [3.05, 3.63) is 10.3 Å². The minimum atomic E-state index is -0.760. The SMILES string of the molecule is C/C=C(\S)SCCC(=O)O. The lowest BCUT2D eigenvalue weighted by Crippen LogP contribution is -1.95. The Balaban J connectivity index is 3.29. The van der Waals surface area contributed by atoms with E-state index in [9.17, 15) is 4.79 Å². The summed E-state index contributed by atoms with van der Waals surface area (Å²) >= 11 is 5.51. The van der Waals surface area contributed by atoms with Crippen molar-refractivity contribution in [3.8, 4) is 0 Å². The molecule has 0 bridgehead atoms. The van der Waals surface area contributed by atoms with Gasteiger partial charge in [-0.2, -0.15) is 0 Å². The Kier molecular flexibility index (Phi) is 5.63. The first-order valence-corrected chi connectivity index (χ1v) is 4.30. The van der Waals surface area contributed by atoms with Crippen molar-refractivity contribution in [3.63, 3.8) is 0 Å². The Morgan fingerprint density at radius 1 is 1.80 bits per heavy atom. The lowest BCUT2D eigenvalue weighted by Gasteiger charge is -1.95. The Hall–Kier alpha value is -0.0900. The number of carbonyl (C=O) groups is 1. The van der Waals surface area contributed by atoms with Crippen LogP contribution in [0.2, 0.25) is 0 Å². The molecule has 0 aliphatic carbocycles. The normalized spacial score (nSPS) is 11.6. The zero-order valence-electron chi connectivity index (χ0n) is 5.70. The largest absolute Gasteiger partial charge is 0.481 e. The van der Waals surface area contributed by atoms with Crippen LogP contribution in [0.4, 0.5) is 0 Å². The van der Waals surface area contributed by atoms with Gasteiger partial charge in [0.05, 0.1) is 6.42 Å². The van der Waals surface area contributed by atoms with E-state index in [0.29, 0.717) is 5.75 Å². The summed E-state index contributed by atoms with van der Waals surface area (Å²) in [5.41, 5.74) is 0. The van der Waals surface area contributed by atoms with Crippen LogP contribution in [0.25, 0.3) is 0 Å². The molecular formula is C6H10O2S2. The van der Waals surface area contributed by atoms with Crippen LogP contribution in [0.5, 0.6) is 0 Å². The molecule has 10 heavy (non-hydrogen) atoms. The zero-order chi connectivity index (χ0) is 7.98. The van der Waals surface area contributed by atoms with E-state index in [1.54, 1.807) is 0 Å². The number of thiol groups is 1. The lowest BCUT2D eigenvalue weighted by molar-refractivity contribution is -0.136. The molecule has 0 aliphatic heterocycles. The Labute approximate surface area is 70.1 Å². The van der Waals surface area contributed by atoms with Gasteiger partial charge in [0.25, 0.3) is 0 Å². The molecule has 0 aliphatic rings. The third kappa shape index (κ3) is 6.04. The van der Waals surface area contributed by atoms with Crippen molar-refractivity contribution in [2.45, 2.75) is 13.3 Å². The van der Waals surface area contributed by atoms with E-state index in [1.807, 2.05) is 13.0 Å². The smallest absolute Gasteiger partial charge is 0.304 e. The summed E-state index contributed by atoms with van der Waals surface area (Å²) in [4.78, 5) is 10.0. The molecule has 0 aromatic rings. The van der Waals surface area contributed by atoms with Crippen molar-refractivity contribution in [2.75, 3.05) is 5.75 Å². The number of hydrogen-bond acceptors (Lipinski definition) is 3. The molecule has 58 valence electrons. The van der Waals surface area contributed by atoms with Crippen LogP contribution in [0.1, 0.15) is 13.3 Å². The number of thioether (sulfide) groups is 1. The third-order valence-electron chi connectivity index (χ3n) is 0.813. The highest BCUT2D eigenvalue weighted by molar-refractivity contribution is 8.15. The molecule has 0 spiro atoms. The van der Waals surface area contributed by atoms with E-state index in [4.69, 9.17) is 5.11 Å². The number of aliphatic carboxylic acids is 1. The third-order valence-corrected chi connectivity index (χ3v) is 2.40. The van der Waals surface area contributed by atoms with E-state index in [2.05, 4.69) is 12.6 Å². The Bertz CT molecular complexity index is 143. The van der Waals surface area contributed by atoms with E-state index in [1.165, 1.54) is 11.8 Å². The van der Waals surface area contributed by atoms with Crippen LogP contribution >= 0.6 is 24.4 Å². The molecule has 0 fully saturated rings. The van der Waals surface area contributed by atoms with Gasteiger partial charge in [0, 0.05) is 9.99 Å². The van der Waals surface area contributed by atoms with Crippen LogP contribution in [0.15, 0.2) is 10.3 Å². The average molecular weight is 178 g/mol. The number of hydrogen-bond donors (Lipinski definition) is 2. The standard InChI is InChI=1S/C6H10O2S2/c1-2-6(9)10-4-3-5(7)8/h2,9H,3-4H2,1H3,(H,7,8)/b6-2+. The zero-order valence-corrected chi connectivity index (χ0v) is 7.41. The number of carboxylic acid groups (broad SMARTS) is 1. The summed E-state index contributed by atoms with van der Waals surface area (Å²) in [7, 11) is 0. The Morgan fingerprint density at radius 2 is 2.40 bits per heavy atom. The van der Waals surface area contributed by atoms with Crippen LogP contribution in [0, 0.1) is 0 Å². The second-order valence-electron chi connectivity index (χ2n) is 1.62. The predicted molar refractivity (Wildman–Crippen MR) is 47.5 cm³/mol. The van der Waals surface area contributed by atoms with Crippen LogP contribution < -0.4 is 0 Å².